The summed E-state index contributed by atoms with van der Waals surface area (Å²) in [6, 6.07) is 0. The lowest BCUT2D eigenvalue weighted by Crippen LogP contribution is -2.51. The van der Waals surface area contributed by atoms with Gasteiger partial charge in [0.2, 0.25) is 0 Å². The zero-order valence-electron chi connectivity index (χ0n) is 13.9. The Morgan fingerprint density at radius 3 is 2.67 bits per heavy atom. The number of rotatable bonds is 3. The van der Waals surface area contributed by atoms with Crippen molar-refractivity contribution in [3.63, 3.8) is 0 Å². The molecule has 1 fully saturated rings. The summed E-state index contributed by atoms with van der Waals surface area (Å²) in [5.74, 6) is 1.65. The third kappa shape index (κ3) is 3.03. The molecule has 1 saturated heterocycles. The molecule has 1 aliphatic heterocycles. The molecule has 1 atom stereocenters. The lowest BCUT2D eigenvalue weighted by atomic mass is 9.83. The maximum Gasteiger partial charge on any atom is 0.113 e. The Balaban J connectivity index is 1.80. The molecule has 3 nitrogen and oxygen atoms in total. The van der Waals surface area contributed by atoms with Crippen LogP contribution in [0.2, 0.25) is 0 Å². The van der Waals surface area contributed by atoms with E-state index in [4.69, 9.17) is 4.98 Å². The van der Waals surface area contributed by atoms with Crippen molar-refractivity contribution in [1.82, 2.24) is 15.2 Å². The fourth-order valence-corrected chi connectivity index (χ4v) is 4.92. The van der Waals surface area contributed by atoms with E-state index >= 15 is 0 Å². The van der Waals surface area contributed by atoms with E-state index in [9.17, 15) is 0 Å². The molecule has 1 aliphatic carbocycles. The number of thiazole rings is 1. The summed E-state index contributed by atoms with van der Waals surface area (Å²) in [7, 11) is 0. The molecule has 21 heavy (non-hydrogen) atoms. The minimum Gasteiger partial charge on any atom is -0.314 e. The van der Waals surface area contributed by atoms with Gasteiger partial charge >= 0.3 is 0 Å². The average molecular weight is 308 g/mol. The fourth-order valence-electron chi connectivity index (χ4n) is 3.59. The van der Waals surface area contributed by atoms with E-state index in [1.165, 1.54) is 30.0 Å². The Hall–Kier alpha value is -0.450. The van der Waals surface area contributed by atoms with E-state index in [2.05, 4.69) is 37.9 Å². The zero-order chi connectivity index (χ0) is 15.0. The van der Waals surface area contributed by atoms with Crippen LogP contribution in [0.1, 0.15) is 49.7 Å². The lowest BCUT2D eigenvalue weighted by molar-refractivity contribution is 0.102. The summed E-state index contributed by atoms with van der Waals surface area (Å²) in [4.78, 5) is 9.21. The Kier molecular flexibility index (Phi) is 4.40. The van der Waals surface area contributed by atoms with Gasteiger partial charge in [-0.1, -0.05) is 13.8 Å². The number of fused-ring (bicyclic) bond motifs is 1. The van der Waals surface area contributed by atoms with E-state index in [0.717, 1.165) is 38.0 Å². The van der Waals surface area contributed by atoms with Crippen LogP contribution in [-0.2, 0) is 18.4 Å². The molecule has 4 heteroatoms. The van der Waals surface area contributed by atoms with Crippen LogP contribution in [0, 0.1) is 11.8 Å². The quantitative estimate of drug-likeness (QED) is 0.930. The predicted molar refractivity (Wildman–Crippen MR) is 89.9 cm³/mol. The maximum absolute atomic E-state index is 5.05. The van der Waals surface area contributed by atoms with E-state index < -0.39 is 0 Å². The van der Waals surface area contributed by atoms with Crippen molar-refractivity contribution in [2.45, 2.75) is 52.5 Å². The molecule has 3 rings (SSSR count). The summed E-state index contributed by atoms with van der Waals surface area (Å²) in [5.41, 5.74) is 1.48. The van der Waals surface area contributed by atoms with Crippen LogP contribution in [-0.4, -0.2) is 36.1 Å². The molecule has 1 unspecified atom stereocenters. The van der Waals surface area contributed by atoms with Gasteiger partial charge in [0.1, 0.15) is 5.01 Å². The molecule has 118 valence electrons. The number of nitrogens with zero attached hydrogens (tertiary/aromatic N) is 2. The molecule has 0 radical (unpaired) electrons. The Morgan fingerprint density at radius 2 is 2.00 bits per heavy atom. The van der Waals surface area contributed by atoms with Gasteiger partial charge in [-0.15, -0.1) is 11.3 Å². The highest BCUT2D eigenvalue weighted by molar-refractivity contribution is 7.11. The minimum atomic E-state index is 0.0808. The standard InChI is InChI=1S/C17H29N3S/c1-12(2)13-5-6-14-15(11-13)21-16(19-14)17(3,4)20-9-7-18-8-10-20/h12-13,18H,5-11H2,1-4H3. The normalized spacial score (nSPS) is 24.3. The smallest absolute Gasteiger partial charge is 0.113 e. The summed E-state index contributed by atoms with van der Waals surface area (Å²) in [5, 5.41) is 4.78. The molecule has 1 aromatic rings. The third-order valence-electron chi connectivity index (χ3n) is 5.35. The second-order valence-corrected chi connectivity index (χ2v) is 8.52. The van der Waals surface area contributed by atoms with Crippen molar-refractivity contribution in [1.29, 1.82) is 0 Å². The van der Waals surface area contributed by atoms with Crippen LogP contribution in [0.25, 0.3) is 0 Å². The molecule has 0 amide bonds. The SMILES string of the molecule is CC(C)C1CCc2nc(C(C)(C)N3CCNCC3)sc2C1. The van der Waals surface area contributed by atoms with E-state index in [-0.39, 0.29) is 5.54 Å². The summed E-state index contributed by atoms with van der Waals surface area (Å²) in [6.07, 6.45) is 3.76. The van der Waals surface area contributed by atoms with Gasteiger partial charge in [-0.05, 0) is 44.9 Å². The number of hydrogen-bond acceptors (Lipinski definition) is 4. The van der Waals surface area contributed by atoms with E-state index in [0.29, 0.717) is 0 Å². The first kappa shape index (κ1) is 15.4. The highest BCUT2D eigenvalue weighted by atomic mass is 32.1. The van der Waals surface area contributed by atoms with E-state index in [1.54, 1.807) is 4.88 Å². The van der Waals surface area contributed by atoms with Crippen molar-refractivity contribution in [3.8, 4) is 0 Å². The lowest BCUT2D eigenvalue weighted by Gasteiger charge is -2.39. The van der Waals surface area contributed by atoms with Crippen LogP contribution in [0.5, 0.6) is 0 Å². The number of hydrogen-bond donors (Lipinski definition) is 1. The second-order valence-electron chi connectivity index (χ2n) is 7.43. The fraction of sp³-hybridized carbons (Fsp3) is 0.824. The second kappa shape index (κ2) is 5.98. The number of piperazine rings is 1. The summed E-state index contributed by atoms with van der Waals surface area (Å²) < 4.78 is 0. The van der Waals surface area contributed by atoms with Crippen molar-refractivity contribution in [2.24, 2.45) is 11.8 Å². The number of aryl methyl sites for hydroxylation is 1. The Bertz CT molecular complexity index is 486. The topological polar surface area (TPSA) is 28.2 Å². The first-order chi connectivity index (χ1) is 9.98. The molecule has 1 aromatic heterocycles. The van der Waals surface area contributed by atoms with Crippen molar-refractivity contribution in [3.05, 3.63) is 15.6 Å². The first-order valence-electron chi connectivity index (χ1n) is 8.43. The van der Waals surface area contributed by atoms with Gasteiger partial charge in [-0.25, -0.2) is 4.98 Å². The molecule has 2 aliphatic rings. The van der Waals surface area contributed by atoms with Gasteiger partial charge in [0, 0.05) is 31.1 Å². The minimum absolute atomic E-state index is 0.0808. The summed E-state index contributed by atoms with van der Waals surface area (Å²) >= 11 is 1.98. The summed E-state index contributed by atoms with van der Waals surface area (Å²) in [6.45, 7) is 13.9. The van der Waals surface area contributed by atoms with E-state index in [1.807, 2.05) is 11.3 Å². The Labute approximate surface area is 133 Å². The molecular weight excluding hydrogens is 278 g/mol. The van der Waals surface area contributed by atoms with Crippen LogP contribution in [0.4, 0.5) is 0 Å². The van der Waals surface area contributed by atoms with Crippen molar-refractivity contribution < 1.29 is 0 Å². The van der Waals surface area contributed by atoms with Crippen LogP contribution in [0.3, 0.4) is 0 Å². The highest BCUT2D eigenvalue weighted by Gasteiger charge is 2.34. The molecule has 0 bridgehead atoms. The van der Waals surface area contributed by atoms with Crippen molar-refractivity contribution >= 4 is 11.3 Å². The Morgan fingerprint density at radius 1 is 1.29 bits per heavy atom. The molecule has 1 N–H and O–H groups in total. The van der Waals surface area contributed by atoms with Crippen molar-refractivity contribution in [2.75, 3.05) is 26.2 Å². The maximum atomic E-state index is 5.05. The van der Waals surface area contributed by atoms with Gasteiger partial charge < -0.3 is 5.32 Å². The molecule has 2 heterocycles. The van der Waals surface area contributed by atoms with Crippen LogP contribution >= 0.6 is 11.3 Å². The molecular formula is C17H29N3S. The molecule has 0 aromatic carbocycles. The van der Waals surface area contributed by atoms with Gasteiger partial charge in [-0.2, -0.15) is 0 Å². The first-order valence-corrected chi connectivity index (χ1v) is 9.25. The van der Waals surface area contributed by atoms with Crippen LogP contribution in [0.15, 0.2) is 0 Å². The van der Waals surface area contributed by atoms with Gasteiger partial charge in [0.25, 0.3) is 0 Å². The monoisotopic (exact) mass is 307 g/mol. The average Bonchev–Trinajstić information content (AvgIpc) is 2.91. The largest absolute Gasteiger partial charge is 0.314 e. The number of aromatic nitrogens is 1. The van der Waals surface area contributed by atoms with Crippen LogP contribution < -0.4 is 5.32 Å². The third-order valence-corrected chi connectivity index (χ3v) is 6.78. The van der Waals surface area contributed by atoms with Gasteiger partial charge in [0.15, 0.2) is 0 Å². The number of nitrogens with one attached hydrogen (secondary N) is 1. The molecule has 0 spiro atoms. The zero-order valence-corrected chi connectivity index (χ0v) is 14.7. The predicted octanol–water partition coefficient (Wildman–Crippen LogP) is 3.04. The van der Waals surface area contributed by atoms with Gasteiger partial charge in [-0.3, -0.25) is 4.90 Å². The highest BCUT2D eigenvalue weighted by Crippen LogP contribution is 2.38. The van der Waals surface area contributed by atoms with Gasteiger partial charge in [0.05, 0.1) is 11.2 Å². The molecule has 0 saturated carbocycles.